The van der Waals surface area contributed by atoms with E-state index in [1.54, 1.807) is 12.1 Å². The Hall–Kier alpha value is -1.79. The monoisotopic (exact) mass is 313 g/mol. The lowest BCUT2D eigenvalue weighted by Gasteiger charge is -2.12. The van der Waals surface area contributed by atoms with Gasteiger partial charge in [-0.15, -0.1) is 11.3 Å². The molecule has 2 rings (SSSR count). The third-order valence-corrected chi connectivity index (χ3v) is 3.66. The van der Waals surface area contributed by atoms with Gasteiger partial charge in [0.05, 0.1) is 18.7 Å². The smallest absolute Gasteiger partial charge is 0.355 e. The second-order valence-corrected chi connectivity index (χ2v) is 5.03. The third-order valence-electron chi connectivity index (χ3n) is 2.48. The van der Waals surface area contributed by atoms with E-state index in [2.05, 4.69) is 4.98 Å². The number of carbonyl (C=O) groups is 1. The van der Waals surface area contributed by atoms with Crippen molar-refractivity contribution in [2.45, 2.75) is 6.92 Å². The topological polar surface area (TPSA) is 68.7 Å². The molecule has 0 unspecified atom stereocenters. The number of benzene rings is 1. The van der Waals surface area contributed by atoms with Gasteiger partial charge in [0.25, 0.3) is 0 Å². The number of hydrogen-bond acceptors (Lipinski definition) is 5. The predicted octanol–water partition coefficient (Wildman–Crippen LogP) is 3.57. The highest BCUT2D eigenvalue weighted by Gasteiger charge is 2.16. The van der Waals surface area contributed by atoms with E-state index in [0.717, 1.165) is 0 Å². The van der Waals surface area contributed by atoms with Crippen LogP contribution < -0.4 is 9.47 Å². The Kier molecular flexibility index (Phi) is 4.46. The predicted molar refractivity (Wildman–Crippen MR) is 77.2 cm³/mol. The molecule has 1 aromatic carbocycles. The lowest BCUT2D eigenvalue weighted by atomic mass is 10.2. The van der Waals surface area contributed by atoms with Gasteiger partial charge in [0.2, 0.25) is 0 Å². The number of nitrogens with zero attached hydrogens (tertiary/aromatic N) is 1. The van der Waals surface area contributed by atoms with Crippen LogP contribution in [0, 0.1) is 0 Å². The molecular weight excluding hydrogens is 302 g/mol. The van der Waals surface area contributed by atoms with Gasteiger partial charge in [-0.2, -0.15) is 0 Å². The number of carboxylic acid groups (broad SMARTS) is 1. The minimum atomic E-state index is -1.06. The van der Waals surface area contributed by atoms with Crippen molar-refractivity contribution >= 4 is 28.9 Å². The van der Waals surface area contributed by atoms with Crippen LogP contribution >= 0.6 is 22.9 Å². The molecule has 106 valence electrons. The van der Waals surface area contributed by atoms with Gasteiger partial charge < -0.3 is 14.6 Å². The molecule has 0 saturated carbocycles. The molecule has 0 aliphatic rings. The summed E-state index contributed by atoms with van der Waals surface area (Å²) in [5.41, 5.74) is 0.701. The van der Waals surface area contributed by atoms with Gasteiger partial charge in [-0.25, -0.2) is 9.78 Å². The number of hydrogen-bond donors (Lipinski definition) is 1. The summed E-state index contributed by atoms with van der Waals surface area (Å²) in [5, 5.41) is 11.3. The maximum absolute atomic E-state index is 10.9. The zero-order chi connectivity index (χ0) is 14.7. The molecule has 5 nitrogen and oxygen atoms in total. The first-order valence-electron chi connectivity index (χ1n) is 5.76. The molecule has 0 bridgehead atoms. The van der Waals surface area contributed by atoms with E-state index in [1.165, 1.54) is 23.8 Å². The molecule has 20 heavy (non-hydrogen) atoms. The third kappa shape index (κ3) is 2.86. The largest absolute Gasteiger partial charge is 0.491 e. The number of ether oxygens (including phenoxy) is 2. The van der Waals surface area contributed by atoms with E-state index in [-0.39, 0.29) is 5.69 Å². The highest BCUT2D eigenvalue weighted by Crippen LogP contribution is 2.40. The highest BCUT2D eigenvalue weighted by atomic mass is 35.5. The van der Waals surface area contributed by atoms with Crippen molar-refractivity contribution in [2.24, 2.45) is 0 Å². The van der Waals surface area contributed by atoms with Crippen LogP contribution in [0.3, 0.4) is 0 Å². The Labute approximate surface area is 124 Å². The van der Waals surface area contributed by atoms with Gasteiger partial charge in [-0.3, -0.25) is 0 Å². The van der Waals surface area contributed by atoms with Gasteiger partial charge in [0.1, 0.15) is 5.01 Å². The number of carboxylic acids is 1. The molecule has 2 aromatic rings. The summed E-state index contributed by atoms with van der Waals surface area (Å²) < 4.78 is 10.7. The van der Waals surface area contributed by atoms with Crippen LogP contribution in [-0.4, -0.2) is 29.8 Å². The first-order valence-corrected chi connectivity index (χ1v) is 7.02. The summed E-state index contributed by atoms with van der Waals surface area (Å²) in [6.45, 7) is 2.32. The SMILES string of the molecule is CCOc1cc(-c2nc(C(=O)O)cs2)cc(Cl)c1OC. The Morgan fingerprint density at radius 1 is 1.50 bits per heavy atom. The van der Waals surface area contributed by atoms with Crippen LogP contribution in [-0.2, 0) is 0 Å². The van der Waals surface area contributed by atoms with Crippen LogP contribution in [0.25, 0.3) is 10.6 Å². The maximum Gasteiger partial charge on any atom is 0.355 e. The van der Waals surface area contributed by atoms with E-state index in [1.807, 2.05) is 6.92 Å². The van der Waals surface area contributed by atoms with Gasteiger partial charge in [-0.1, -0.05) is 11.6 Å². The van der Waals surface area contributed by atoms with Gasteiger partial charge in [-0.05, 0) is 19.1 Å². The zero-order valence-corrected chi connectivity index (χ0v) is 12.4. The highest BCUT2D eigenvalue weighted by molar-refractivity contribution is 7.13. The Morgan fingerprint density at radius 3 is 2.80 bits per heavy atom. The van der Waals surface area contributed by atoms with Gasteiger partial charge in [0.15, 0.2) is 17.2 Å². The molecule has 0 aliphatic carbocycles. The first kappa shape index (κ1) is 14.6. The average molecular weight is 314 g/mol. The second-order valence-electron chi connectivity index (χ2n) is 3.77. The molecule has 0 amide bonds. The van der Waals surface area contributed by atoms with Crippen molar-refractivity contribution in [3.63, 3.8) is 0 Å². The Morgan fingerprint density at radius 2 is 2.25 bits per heavy atom. The zero-order valence-electron chi connectivity index (χ0n) is 10.8. The van der Waals surface area contributed by atoms with E-state index in [0.29, 0.717) is 33.7 Å². The molecule has 0 fully saturated rings. The Bertz CT molecular complexity index is 641. The minimum Gasteiger partial charge on any atom is -0.491 e. The average Bonchev–Trinajstić information content (AvgIpc) is 2.88. The van der Waals surface area contributed by atoms with Crippen molar-refractivity contribution in [2.75, 3.05) is 13.7 Å². The van der Waals surface area contributed by atoms with Crippen LogP contribution in [0.2, 0.25) is 5.02 Å². The summed E-state index contributed by atoms with van der Waals surface area (Å²) in [4.78, 5) is 14.9. The second kappa shape index (κ2) is 6.11. The number of rotatable bonds is 5. The molecular formula is C13H12ClNO4S. The summed E-state index contributed by atoms with van der Waals surface area (Å²) in [6.07, 6.45) is 0. The molecule has 1 heterocycles. The van der Waals surface area contributed by atoms with Crippen LogP contribution in [0.4, 0.5) is 0 Å². The normalized spacial score (nSPS) is 10.3. The molecule has 0 saturated heterocycles. The molecule has 1 N–H and O–H groups in total. The molecule has 0 atom stereocenters. The lowest BCUT2D eigenvalue weighted by Crippen LogP contribution is -1.97. The van der Waals surface area contributed by atoms with Gasteiger partial charge in [0, 0.05) is 10.9 Å². The summed E-state index contributed by atoms with van der Waals surface area (Å²) in [5.74, 6) is -0.103. The molecule has 7 heteroatoms. The molecule has 0 radical (unpaired) electrons. The molecule has 0 aliphatic heterocycles. The van der Waals surface area contributed by atoms with E-state index in [9.17, 15) is 4.79 Å². The summed E-state index contributed by atoms with van der Waals surface area (Å²) in [6, 6.07) is 3.41. The molecule has 1 aromatic heterocycles. The first-order chi connectivity index (χ1) is 9.56. The lowest BCUT2D eigenvalue weighted by molar-refractivity contribution is 0.0691. The van der Waals surface area contributed by atoms with Crippen LogP contribution in [0.15, 0.2) is 17.5 Å². The fourth-order valence-corrected chi connectivity index (χ4v) is 2.73. The fourth-order valence-electron chi connectivity index (χ4n) is 1.66. The van der Waals surface area contributed by atoms with Crippen LogP contribution in [0.5, 0.6) is 11.5 Å². The number of aromatic carboxylic acids is 1. The summed E-state index contributed by atoms with van der Waals surface area (Å²) >= 11 is 7.38. The number of aromatic nitrogens is 1. The van der Waals surface area contributed by atoms with Crippen molar-refractivity contribution in [3.05, 3.63) is 28.2 Å². The van der Waals surface area contributed by atoms with E-state index in [4.69, 9.17) is 26.2 Å². The number of thiazole rings is 1. The van der Waals surface area contributed by atoms with E-state index >= 15 is 0 Å². The fraction of sp³-hybridized carbons (Fsp3) is 0.231. The van der Waals surface area contributed by atoms with Crippen molar-refractivity contribution < 1.29 is 19.4 Å². The maximum atomic E-state index is 10.9. The van der Waals surface area contributed by atoms with E-state index < -0.39 is 5.97 Å². The quantitative estimate of drug-likeness (QED) is 0.914. The van der Waals surface area contributed by atoms with Crippen molar-refractivity contribution in [1.29, 1.82) is 0 Å². The summed E-state index contributed by atoms with van der Waals surface area (Å²) in [7, 11) is 1.51. The van der Waals surface area contributed by atoms with Crippen molar-refractivity contribution in [3.8, 4) is 22.1 Å². The number of halogens is 1. The Balaban J connectivity index is 2.48. The van der Waals surface area contributed by atoms with Crippen molar-refractivity contribution in [1.82, 2.24) is 4.98 Å². The van der Waals surface area contributed by atoms with Crippen LogP contribution in [0.1, 0.15) is 17.4 Å². The standard InChI is InChI=1S/C13H12ClNO4S/c1-3-19-10-5-7(4-8(14)11(10)18-2)12-15-9(6-20-12)13(16)17/h4-6H,3H2,1-2H3,(H,16,17). The molecule has 0 spiro atoms. The minimum absolute atomic E-state index is 0.00917. The number of methoxy groups -OCH3 is 1. The van der Waals surface area contributed by atoms with Gasteiger partial charge >= 0.3 is 5.97 Å².